The van der Waals surface area contributed by atoms with Crippen molar-refractivity contribution in [1.29, 1.82) is 0 Å². The number of thiazole rings is 1. The molecule has 0 spiro atoms. The zero-order valence-corrected chi connectivity index (χ0v) is 13.0. The highest BCUT2D eigenvalue weighted by Gasteiger charge is 2.29. The van der Waals surface area contributed by atoms with E-state index in [1.54, 1.807) is 20.0 Å². The number of halogens is 1. The first-order valence-corrected chi connectivity index (χ1v) is 7.33. The van der Waals surface area contributed by atoms with Gasteiger partial charge in [0.2, 0.25) is 0 Å². The molecule has 0 fully saturated rings. The van der Waals surface area contributed by atoms with E-state index in [1.807, 2.05) is 6.92 Å². The molecule has 4 nitrogen and oxygen atoms in total. The Hall–Kier alpha value is -1.95. The Morgan fingerprint density at radius 3 is 2.62 bits per heavy atom. The molecule has 1 aromatic carbocycles. The zero-order chi connectivity index (χ0) is 15.5. The Balaban J connectivity index is 1.94. The summed E-state index contributed by atoms with van der Waals surface area (Å²) in [5.41, 5.74) is -1.04. The molecule has 1 aromatic heterocycles. The molecule has 21 heavy (non-hydrogen) atoms. The Morgan fingerprint density at radius 2 is 2.05 bits per heavy atom. The zero-order valence-electron chi connectivity index (χ0n) is 12.1. The predicted octanol–water partition coefficient (Wildman–Crippen LogP) is 3.06. The van der Waals surface area contributed by atoms with E-state index >= 15 is 0 Å². The first-order chi connectivity index (χ1) is 9.87. The molecule has 0 aliphatic heterocycles. The molecule has 112 valence electrons. The van der Waals surface area contributed by atoms with Crippen LogP contribution in [-0.4, -0.2) is 16.5 Å². The maximum absolute atomic E-state index is 12.8. The van der Waals surface area contributed by atoms with Crippen LogP contribution >= 0.6 is 11.3 Å². The summed E-state index contributed by atoms with van der Waals surface area (Å²) < 4.78 is 18.5. The minimum Gasteiger partial charge on any atom is -0.478 e. The van der Waals surface area contributed by atoms with Gasteiger partial charge in [-0.2, -0.15) is 0 Å². The normalized spacial score (nSPS) is 11.2. The predicted molar refractivity (Wildman–Crippen MR) is 79.8 cm³/mol. The first kappa shape index (κ1) is 15.4. The second-order valence-electron chi connectivity index (χ2n) is 5.09. The molecule has 0 bridgehead atoms. The lowest BCUT2D eigenvalue weighted by molar-refractivity contribution is -0.134. The van der Waals surface area contributed by atoms with Gasteiger partial charge in [0.05, 0.1) is 11.6 Å². The SMILES string of the molecule is Cc1ncc(CNC(=O)C(C)(C)Oc2ccc(F)cc2)s1. The molecule has 1 N–H and O–H groups in total. The van der Waals surface area contributed by atoms with Crippen molar-refractivity contribution < 1.29 is 13.9 Å². The molecule has 2 rings (SSSR count). The van der Waals surface area contributed by atoms with Gasteiger partial charge in [-0.15, -0.1) is 11.3 Å². The van der Waals surface area contributed by atoms with Crippen molar-refractivity contribution in [3.63, 3.8) is 0 Å². The number of aryl methyl sites for hydroxylation is 1. The van der Waals surface area contributed by atoms with Crippen molar-refractivity contribution in [2.75, 3.05) is 0 Å². The van der Waals surface area contributed by atoms with Crippen LogP contribution in [0.15, 0.2) is 30.5 Å². The van der Waals surface area contributed by atoms with Gasteiger partial charge in [-0.05, 0) is 45.0 Å². The van der Waals surface area contributed by atoms with Crippen molar-refractivity contribution >= 4 is 17.2 Å². The summed E-state index contributed by atoms with van der Waals surface area (Å²) >= 11 is 1.54. The maximum atomic E-state index is 12.8. The summed E-state index contributed by atoms with van der Waals surface area (Å²) in [5.74, 6) is -0.131. The lowest BCUT2D eigenvalue weighted by atomic mass is 10.1. The third-order valence-corrected chi connectivity index (χ3v) is 3.74. The summed E-state index contributed by atoms with van der Waals surface area (Å²) in [6.07, 6.45) is 1.74. The maximum Gasteiger partial charge on any atom is 0.263 e. The Bertz CT molecular complexity index is 623. The van der Waals surface area contributed by atoms with Gasteiger partial charge in [-0.3, -0.25) is 4.79 Å². The van der Waals surface area contributed by atoms with Gasteiger partial charge in [-0.25, -0.2) is 9.37 Å². The van der Waals surface area contributed by atoms with E-state index in [0.29, 0.717) is 12.3 Å². The molecule has 6 heteroatoms. The second kappa shape index (κ2) is 6.22. The Kier molecular flexibility index (Phi) is 4.57. The number of benzene rings is 1. The molecular formula is C15H17FN2O2S. The van der Waals surface area contributed by atoms with Crippen molar-refractivity contribution in [2.24, 2.45) is 0 Å². The number of rotatable bonds is 5. The smallest absolute Gasteiger partial charge is 0.263 e. The number of hydrogen-bond donors (Lipinski definition) is 1. The third kappa shape index (κ3) is 4.26. The molecule has 0 aliphatic rings. The van der Waals surface area contributed by atoms with E-state index in [1.165, 1.54) is 35.6 Å². The van der Waals surface area contributed by atoms with Crippen molar-refractivity contribution in [1.82, 2.24) is 10.3 Å². The van der Waals surface area contributed by atoms with Gasteiger partial charge in [0.25, 0.3) is 5.91 Å². The quantitative estimate of drug-likeness (QED) is 0.923. The molecular weight excluding hydrogens is 291 g/mol. The minimum atomic E-state index is -1.04. The molecule has 0 unspecified atom stereocenters. The van der Waals surface area contributed by atoms with Crippen LogP contribution in [0, 0.1) is 12.7 Å². The fourth-order valence-electron chi connectivity index (χ4n) is 1.71. The number of hydrogen-bond acceptors (Lipinski definition) is 4. The number of ether oxygens (including phenoxy) is 1. The lowest BCUT2D eigenvalue weighted by Crippen LogP contribution is -2.46. The van der Waals surface area contributed by atoms with Crippen LogP contribution < -0.4 is 10.1 Å². The first-order valence-electron chi connectivity index (χ1n) is 6.51. The van der Waals surface area contributed by atoms with Crippen molar-refractivity contribution in [3.05, 3.63) is 46.2 Å². The summed E-state index contributed by atoms with van der Waals surface area (Å²) in [5, 5.41) is 3.78. The van der Waals surface area contributed by atoms with Gasteiger partial charge in [0.15, 0.2) is 5.60 Å². The number of carbonyl (C=O) groups is 1. The van der Waals surface area contributed by atoms with Gasteiger partial charge in [0.1, 0.15) is 11.6 Å². The van der Waals surface area contributed by atoms with Crippen LogP contribution in [0.5, 0.6) is 5.75 Å². The standard InChI is InChI=1S/C15H17FN2O2S/c1-10-17-8-13(21-10)9-18-14(19)15(2,3)20-12-6-4-11(16)5-7-12/h4-8H,9H2,1-3H3,(H,18,19). The van der Waals surface area contributed by atoms with Gasteiger partial charge in [-0.1, -0.05) is 0 Å². The second-order valence-corrected chi connectivity index (χ2v) is 6.41. The highest BCUT2D eigenvalue weighted by Crippen LogP contribution is 2.19. The molecule has 0 aliphatic carbocycles. The van der Waals surface area contributed by atoms with Crippen LogP contribution in [0.2, 0.25) is 0 Å². The summed E-state index contributed by atoms with van der Waals surface area (Å²) in [6.45, 7) is 5.67. The number of aromatic nitrogens is 1. The topological polar surface area (TPSA) is 51.2 Å². The number of carbonyl (C=O) groups excluding carboxylic acids is 1. The van der Waals surface area contributed by atoms with E-state index < -0.39 is 5.60 Å². The molecule has 2 aromatic rings. The van der Waals surface area contributed by atoms with Crippen molar-refractivity contribution in [2.45, 2.75) is 32.9 Å². The van der Waals surface area contributed by atoms with Crippen LogP contribution in [0.25, 0.3) is 0 Å². The van der Waals surface area contributed by atoms with Gasteiger partial charge >= 0.3 is 0 Å². The minimum absolute atomic E-state index is 0.238. The third-order valence-electron chi connectivity index (χ3n) is 2.83. The summed E-state index contributed by atoms with van der Waals surface area (Å²) in [4.78, 5) is 17.3. The van der Waals surface area contributed by atoms with Gasteiger partial charge in [0, 0.05) is 11.1 Å². The van der Waals surface area contributed by atoms with Crippen LogP contribution in [0.4, 0.5) is 4.39 Å². The van der Waals surface area contributed by atoms with Gasteiger partial charge < -0.3 is 10.1 Å². The lowest BCUT2D eigenvalue weighted by Gasteiger charge is -2.25. The van der Waals surface area contributed by atoms with Crippen LogP contribution in [-0.2, 0) is 11.3 Å². The summed E-state index contributed by atoms with van der Waals surface area (Å²) in [6, 6.07) is 5.58. The average molecular weight is 308 g/mol. The average Bonchev–Trinajstić information content (AvgIpc) is 2.84. The number of nitrogens with one attached hydrogen (secondary N) is 1. The van der Waals surface area contributed by atoms with E-state index in [-0.39, 0.29) is 11.7 Å². The fraction of sp³-hybridized carbons (Fsp3) is 0.333. The Morgan fingerprint density at radius 1 is 1.38 bits per heavy atom. The molecule has 0 saturated heterocycles. The molecule has 1 amide bonds. The molecule has 0 radical (unpaired) electrons. The molecule has 0 saturated carbocycles. The van der Waals surface area contributed by atoms with E-state index in [4.69, 9.17) is 4.74 Å². The monoisotopic (exact) mass is 308 g/mol. The fourth-order valence-corrected chi connectivity index (χ4v) is 2.45. The van der Waals surface area contributed by atoms with Crippen molar-refractivity contribution in [3.8, 4) is 5.75 Å². The number of amides is 1. The van der Waals surface area contributed by atoms with Crippen LogP contribution in [0.3, 0.4) is 0 Å². The summed E-state index contributed by atoms with van der Waals surface area (Å²) in [7, 11) is 0. The van der Waals surface area contributed by atoms with Crippen LogP contribution in [0.1, 0.15) is 23.7 Å². The highest BCUT2D eigenvalue weighted by atomic mass is 32.1. The Labute approximate surface area is 127 Å². The largest absolute Gasteiger partial charge is 0.478 e. The van der Waals surface area contributed by atoms with E-state index in [2.05, 4.69) is 10.3 Å². The number of nitrogens with zero attached hydrogens (tertiary/aromatic N) is 1. The van der Waals surface area contributed by atoms with E-state index in [0.717, 1.165) is 9.88 Å². The van der Waals surface area contributed by atoms with E-state index in [9.17, 15) is 9.18 Å². The highest BCUT2D eigenvalue weighted by molar-refractivity contribution is 7.11. The molecule has 0 atom stereocenters. The molecule has 1 heterocycles.